The van der Waals surface area contributed by atoms with Gasteiger partial charge in [0.05, 0.1) is 23.4 Å². The molecule has 0 saturated carbocycles. The van der Waals surface area contributed by atoms with E-state index in [1.807, 2.05) is 23.6 Å². The first-order chi connectivity index (χ1) is 17.2. The smallest absolute Gasteiger partial charge is 0.321 e. The molecular weight excluding hydrogens is 474 g/mol. The summed E-state index contributed by atoms with van der Waals surface area (Å²) in [6, 6.07) is 5.12. The number of urea groups is 1. The van der Waals surface area contributed by atoms with Gasteiger partial charge < -0.3 is 25.0 Å². The summed E-state index contributed by atoms with van der Waals surface area (Å²) >= 11 is 0. The number of amides is 3. The molecule has 37 heavy (non-hydrogen) atoms. The fourth-order valence-electron chi connectivity index (χ4n) is 5.54. The predicted molar refractivity (Wildman–Crippen MR) is 139 cm³/mol. The Morgan fingerprint density at radius 1 is 1.24 bits per heavy atom. The van der Waals surface area contributed by atoms with Crippen molar-refractivity contribution in [2.75, 3.05) is 44.7 Å². The van der Waals surface area contributed by atoms with Crippen LogP contribution in [0.15, 0.2) is 24.4 Å². The molecule has 5 rings (SSSR count). The van der Waals surface area contributed by atoms with Crippen LogP contribution in [-0.2, 0) is 16.8 Å². The second-order valence-corrected chi connectivity index (χ2v) is 10.6. The van der Waals surface area contributed by atoms with Gasteiger partial charge in [0.25, 0.3) is 5.91 Å². The Morgan fingerprint density at radius 2 is 2.00 bits per heavy atom. The molecule has 2 saturated heterocycles. The zero-order valence-electron chi connectivity index (χ0n) is 21.2. The SMILES string of the molecule is C.C[C@H]1CN(CC2(O)CCOCC2)CCN1C(=O)N1Cc2c(NC(=O)c3ccccn3)n[nH]c2C1(C)C. The maximum absolute atomic E-state index is 13.7. The molecule has 0 unspecified atom stereocenters. The summed E-state index contributed by atoms with van der Waals surface area (Å²) in [5.41, 5.74) is 0.608. The molecule has 0 radical (unpaired) electrons. The third-order valence-electron chi connectivity index (χ3n) is 7.73. The number of ether oxygens (including phenoxy) is 1. The van der Waals surface area contributed by atoms with Crippen molar-refractivity contribution in [3.63, 3.8) is 0 Å². The minimum absolute atomic E-state index is 0. The quantitative estimate of drug-likeness (QED) is 0.573. The third kappa shape index (κ3) is 5.21. The number of H-pyrrole nitrogens is 1. The van der Waals surface area contributed by atoms with Gasteiger partial charge in [0.1, 0.15) is 5.69 Å². The number of nitrogens with zero attached hydrogens (tertiary/aromatic N) is 5. The first-order valence-corrected chi connectivity index (χ1v) is 12.6. The summed E-state index contributed by atoms with van der Waals surface area (Å²) in [4.78, 5) is 36.5. The first kappa shape index (κ1) is 27.0. The van der Waals surface area contributed by atoms with Crippen LogP contribution in [0.4, 0.5) is 10.6 Å². The Kier molecular flexibility index (Phi) is 7.59. The number of hydrogen-bond donors (Lipinski definition) is 3. The first-order valence-electron chi connectivity index (χ1n) is 12.6. The van der Waals surface area contributed by atoms with E-state index in [0.29, 0.717) is 70.3 Å². The Labute approximate surface area is 218 Å². The molecule has 11 heteroatoms. The van der Waals surface area contributed by atoms with Crippen molar-refractivity contribution in [3.8, 4) is 0 Å². The van der Waals surface area contributed by atoms with Gasteiger partial charge in [-0.25, -0.2) is 4.79 Å². The minimum atomic E-state index is -0.715. The van der Waals surface area contributed by atoms with Gasteiger partial charge in [-0.2, -0.15) is 5.10 Å². The molecule has 202 valence electrons. The Balaban J connectivity index is 0.00000320. The van der Waals surface area contributed by atoms with E-state index in [1.54, 1.807) is 24.4 Å². The van der Waals surface area contributed by atoms with Gasteiger partial charge in [-0.3, -0.25) is 19.8 Å². The number of fused-ring (bicyclic) bond motifs is 1. The highest BCUT2D eigenvalue weighted by molar-refractivity contribution is 6.02. The van der Waals surface area contributed by atoms with Gasteiger partial charge in [-0.05, 0) is 32.9 Å². The van der Waals surface area contributed by atoms with Crippen LogP contribution in [0.1, 0.15) is 62.8 Å². The normalized spacial score (nSPS) is 22.8. The van der Waals surface area contributed by atoms with Gasteiger partial charge >= 0.3 is 6.03 Å². The summed E-state index contributed by atoms with van der Waals surface area (Å²) < 4.78 is 5.40. The lowest BCUT2D eigenvalue weighted by Crippen LogP contribution is -2.60. The van der Waals surface area contributed by atoms with Crippen LogP contribution in [0.3, 0.4) is 0 Å². The maximum atomic E-state index is 13.7. The van der Waals surface area contributed by atoms with Crippen LogP contribution in [-0.4, -0.2) is 98.0 Å². The second kappa shape index (κ2) is 10.4. The predicted octanol–water partition coefficient (Wildman–Crippen LogP) is 2.41. The van der Waals surface area contributed by atoms with Crippen molar-refractivity contribution in [2.24, 2.45) is 0 Å². The van der Waals surface area contributed by atoms with Gasteiger partial charge in [0.2, 0.25) is 0 Å². The lowest BCUT2D eigenvalue weighted by molar-refractivity contribution is -0.0859. The molecule has 5 heterocycles. The highest BCUT2D eigenvalue weighted by Gasteiger charge is 2.46. The van der Waals surface area contributed by atoms with Crippen LogP contribution < -0.4 is 5.32 Å². The molecule has 2 aromatic heterocycles. The average molecular weight is 514 g/mol. The zero-order valence-corrected chi connectivity index (χ0v) is 21.2. The van der Waals surface area contributed by atoms with Crippen LogP contribution in [0.2, 0.25) is 0 Å². The molecule has 3 N–H and O–H groups in total. The standard InChI is InChI=1S/C25H35N7O4.CH4/c1-17-14-30(16-25(35)7-12-36-13-8-25)10-11-31(17)23(34)32-15-18-20(24(32,2)3)28-29-21(18)27-22(33)19-6-4-5-9-26-19;/h4-6,9,17,35H,7-8,10-16H2,1-3H3,(H2,27,28,29,33);1H4/t17-;/m0./s1. The van der Waals surface area contributed by atoms with Gasteiger partial charge in [-0.1, -0.05) is 13.5 Å². The molecule has 0 bridgehead atoms. The van der Waals surface area contributed by atoms with Crippen molar-refractivity contribution < 1.29 is 19.4 Å². The second-order valence-electron chi connectivity index (χ2n) is 10.6. The van der Waals surface area contributed by atoms with Crippen molar-refractivity contribution in [3.05, 3.63) is 41.3 Å². The largest absolute Gasteiger partial charge is 0.388 e. The molecule has 3 aliphatic rings. The van der Waals surface area contributed by atoms with E-state index in [-0.39, 0.29) is 25.4 Å². The van der Waals surface area contributed by atoms with Gasteiger partial charge in [0, 0.05) is 70.0 Å². The summed E-state index contributed by atoms with van der Waals surface area (Å²) in [6.07, 6.45) is 2.86. The molecule has 2 fully saturated rings. The van der Waals surface area contributed by atoms with Crippen LogP contribution >= 0.6 is 0 Å². The lowest BCUT2D eigenvalue weighted by Gasteiger charge is -2.46. The number of anilines is 1. The van der Waals surface area contributed by atoms with Gasteiger partial charge in [-0.15, -0.1) is 0 Å². The van der Waals surface area contributed by atoms with Crippen LogP contribution in [0.25, 0.3) is 0 Å². The molecule has 0 aromatic carbocycles. The molecule has 2 aromatic rings. The molecule has 11 nitrogen and oxygen atoms in total. The van der Waals surface area contributed by atoms with E-state index in [4.69, 9.17) is 4.74 Å². The van der Waals surface area contributed by atoms with E-state index in [2.05, 4.69) is 32.3 Å². The highest BCUT2D eigenvalue weighted by atomic mass is 16.5. The summed E-state index contributed by atoms with van der Waals surface area (Å²) in [5, 5.41) is 21.1. The van der Waals surface area contributed by atoms with E-state index >= 15 is 0 Å². The minimum Gasteiger partial charge on any atom is -0.388 e. The topological polar surface area (TPSA) is 127 Å². The van der Waals surface area contributed by atoms with Crippen LogP contribution in [0, 0.1) is 0 Å². The van der Waals surface area contributed by atoms with Crippen LogP contribution in [0.5, 0.6) is 0 Å². The Morgan fingerprint density at radius 3 is 2.68 bits per heavy atom. The third-order valence-corrected chi connectivity index (χ3v) is 7.73. The fourth-order valence-corrected chi connectivity index (χ4v) is 5.54. The fraction of sp³-hybridized carbons (Fsp3) is 0.615. The summed E-state index contributed by atoms with van der Waals surface area (Å²) in [7, 11) is 0. The Hall–Kier alpha value is -3.02. The Bertz CT molecular complexity index is 1110. The number of rotatable bonds is 4. The molecule has 3 aliphatic heterocycles. The zero-order chi connectivity index (χ0) is 25.5. The molecule has 3 amide bonds. The van der Waals surface area contributed by atoms with E-state index < -0.39 is 11.1 Å². The van der Waals surface area contributed by atoms with E-state index in [0.717, 1.165) is 11.3 Å². The number of aromatic nitrogens is 3. The number of carbonyl (C=O) groups is 2. The average Bonchev–Trinajstić information content (AvgIpc) is 3.37. The van der Waals surface area contributed by atoms with Crippen molar-refractivity contribution >= 4 is 17.8 Å². The monoisotopic (exact) mass is 513 g/mol. The molecule has 1 atom stereocenters. The van der Waals surface area contributed by atoms with Gasteiger partial charge in [0.15, 0.2) is 5.82 Å². The highest BCUT2D eigenvalue weighted by Crippen LogP contribution is 2.41. The number of β-amino-alcohol motifs (C(OH)–C–C–N with tert-alkyl or cyclic N) is 1. The number of piperazine rings is 1. The number of carbonyl (C=O) groups excluding carboxylic acids is 2. The number of nitrogens with one attached hydrogen (secondary N) is 2. The maximum Gasteiger partial charge on any atom is 0.321 e. The van der Waals surface area contributed by atoms with Crippen molar-refractivity contribution in [2.45, 2.75) is 64.8 Å². The number of aromatic amines is 1. The molecular formula is C26H39N7O4. The van der Waals surface area contributed by atoms with E-state index in [1.165, 1.54) is 0 Å². The van der Waals surface area contributed by atoms with Crippen molar-refractivity contribution in [1.82, 2.24) is 29.9 Å². The molecule has 0 aliphatic carbocycles. The van der Waals surface area contributed by atoms with E-state index in [9.17, 15) is 14.7 Å². The lowest BCUT2D eigenvalue weighted by atomic mass is 9.93. The van der Waals surface area contributed by atoms with Crippen molar-refractivity contribution in [1.29, 1.82) is 0 Å². The summed E-state index contributed by atoms with van der Waals surface area (Å²) in [5.74, 6) is 0.0787. The number of aliphatic hydroxyl groups is 1. The molecule has 0 spiro atoms. The number of hydrogen-bond acceptors (Lipinski definition) is 7. The number of pyridine rings is 1. The summed E-state index contributed by atoms with van der Waals surface area (Å²) in [6.45, 7) is 10.2.